The number of thiophene rings is 1. The van der Waals surface area contributed by atoms with Gasteiger partial charge < -0.3 is 5.11 Å². The monoisotopic (exact) mass is 234 g/mol. The molecule has 1 aromatic heterocycles. The van der Waals surface area contributed by atoms with Gasteiger partial charge in [-0.3, -0.25) is 0 Å². The SMILES string of the molecule is CCCCCC(O)c1csc2ccccc12. The van der Waals surface area contributed by atoms with Gasteiger partial charge in [-0.2, -0.15) is 0 Å². The molecule has 86 valence electrons. The predicted molar refractivity (Wildman–Crippen MR) is 70.9 cm³/mol. The van der Waals surface area contributed by atoms with Crippen molar-refractivity contribution < 1.29 is 5.11 Å². The van der Waals surface area contributed by atoms with Crippen LogP contribution in [0.3, 0.4) is 0 Å². The van der Waals surface area contributed by atoms with Crippen LogP contribution in [-0.2, 0) is 0 Å². The molecule has 1 nitrogen and oxygen atoms in total. The largest absolute Gasteiger partial charge is 0.388 e. The summed E-state index contributed by atoms with van der Waals surface area (Å²) in [4.78, 5) is 0. The normalized spacial score (nSPS) is 13.1. The number of benzene rings is 1. The Morgan fingerprint density at radius 2 is 2.06 bits per heavy atom. The average molecular weight is 234 g/mol. The van der Waals surface area contributed by atoms with E-state index in [0.717, 1.165) is 18.4 Å². The molecule has 0 aliphatic rings. The zero-order valence-corrected chi connectivity index (χ0v) is 10.5. The summed E-state index contributed by atoms with van der Waals surface area (Å²) in [5.41, 5.74) is 1.11. The Morgan fingerprint density at radius 1 is 1.25 bits per heavy atom. The molecule has 2 rings (SSSR count). The van der Waals surface area contributed by atoms with Gasteiger partial charge in [-0.25, -0.2) is 0 Å². The van der Waals surface area contributed by atoms with Crippen molar-refractivity contribution in [1.82, 2.24) is 0 Å². The van der Waals surface area contributed by atoms with E-state index >= 15 is 0 Å². The highest BCUT2D eigenvalue weighted by molar-refractivity contribution is 7.17. The molecule has 1 unspecified atom stereocenters. The van der Waals surface area contributed by atoms with Gasteiger partial charge in [-0.1, -0.05) is 44.4 Å². The molecule has 0 spiro atoms. The van der Waals surface area contributed by atoms with E-state index in [1.54, 1.807) is 11.3 Å². The highest BCUT2D eigenvalue weighted by Gasteiger charge is 2.12. The Hall–Kier alpha value is -0.860. The van der Waals surface area contributed by atoms with Gasteiger partial charge in [0, 0.05) is 4.70 Å². The molecular weight excluding hydrogens is 216 g/mol. The molecule has 0 fully saturated rings. The predicted octanol–water partition coefficient (Wildman–Crippen LogP) is 4.52. The second kappa shape index (κ2) is 5.46. The maximum Gasteiger partial charge on any atom is 0.0804 e. The third-order valence-corrected chi connectivity index (χ3v) is 3.93. The zero-order chi connectivity index (χ0) is 11.4. The van der Waals surface area contributed by atoms with Crippen LogP contribution >= 0.6 is 11.3 Å². The zero-order valence-electron chi connectivity index (χ0n) is 9.65. The first-order chi connectivity index (χ1) is 7.83. The van der Waals surface area contributed by atoms with Crippen LogP contribution in [0.2, 0.25) is 0 Å². The minimum atomic E-state index is -0.289. The van der Waals surface area contributed by atoms with Crippen molar-refractivity contribution in [3.63, 3.8) is 0 Å². The Morgan fingerprint density at radius 3 is 2.88 bits per heavy atom. The molecule has 1 aromatic carbocycles. The van der Waals surface area contributed by atoms with E-state index in [9.17, 15) is 5.11 Å². The van der Waals surface area contributed by atoms with E-state index in [1.807, 2.05) is 12.1 Å². The van der Waals surface area contributed by atoms with E-state index in [-0.39, 0.29) is 6.10 Å². The van der Waals surface area contributed by atoms with Crippen molar-refractivity contribution in [2.75, 3.05) is 0 Å². The smallest absolute Gasteiger partial charge is 0.0804 e. The van der Waals surface area contributed by atoms with Gasteiger partial charge in [0.2, 0.25) is 0 Å². The summed E-state index contributed by atoms with van der Waals surface area (Å²) < 4.78 is 1.27. The van der Waals surface area contributed by atoms with Crippen LogP contribution in [0, 0.1) is 0 Å². The van der Waals surface area contributed by atoms with E-state index in [4.69, 9.17) is 0 Å². The maximum atomic E-state index is 10.1. The van der Waals surface area contributed by atoms with E-state index in [0.29, 0.717) is 0 Å². The van der Waals surface area contributed by atoms with Gasteiger partial charge in [0.15, 0.2) is 0 Å². The molecule has 0 saturated carbocycles. The van der Waals surface area contributed by atoms with Crippen molar-refractivity contribution in [2.24, 2.45) is 0 Å². The van der Waals surface area contributed by atoms with Crippen LogP contribution in [0.4, 0.5) is 0 Å². The fraction of sp³-hybridized carbons (Fsp3) is 0.429. The number of aliphatic hydroxyl groups is 1. The first-order valence-corrected chi connectivity index (χ1v) is 6.85. The molecule has 2 heteroatoms. The minimum Gasteiger partial charge on any atom is -0.388 e. The van der Waals surface area contributed by atoms with Crippen LogP contribution in [0.25, 0.3) is 10.1 Å². The van der Waals surface area contributed by atoms with Gasteiger partial charge in [-0.05, 0) is 28.8 Å². The summed E-state index contributed by atoms with van der Waals surface area (Å²) in [5.74, 6) is 0. The Labute approximate surface area is 101 Å². The topological polar surface area (TPSA) is 20.2 Å². The number of unbranched alkanes of at least 4 members (excludes halogenated alkanes) is 2. The third-order valence-electron chi connectivity index (χ3n) is 2.95. The molecular formula is C14H18OS. The number of hydrogen-bond acceptors (Lipinski definition) is 2. The average Bonchev–Trinajstić information content (AvgIpc) is 2.73. The Kier molecular flexibility index (Phi) is 3.97. The van der Waals surface area contributed by atoms with Gasteiger partial charge in [0.05, 0.1) is 6.10 Å². The number of hydrogen-bond donors (Lipinski definition) is 1. The highest BCUT2D eigenvalue weighted by atomic mass is 32.1. The highest BCUT2D eigenvalue weighted by Crippen LogP contribution is 2.32. The maximum absolute atomic E-state index is 10.1. The molecule has 0 amide bonds. The molecule has 0 aliphatic heterocycles. The van der Waals surface area contributed by atoms with Crippen LogP contribution in [0.15, 0.2) is 29.6 Å². The summed E-state index contributed by atoms with van der Waals surface area (Å²) in [7, 11) is 0. The Bertz CT molecular complexity index is 447. The third kappa shape index (κ3) is 2.45. The summed E-state index contributed by atoms with van der Waals surface area (Å²) in [6, 6.07) is 8.30. The summed E-state index contributed by atoms with van der Waals surface area (Å²) >= 11 is 1.72. The van der Waals surface area contributed by atoms with Crippen molar-refractivity contribution in [3.05, 3.63) is 35.2 Å². The molecule has 0 radical (unpaired) electrons. The molecule has 1 N–H and O–H groups in total. The lowest BCUT2D eigenvalue weighted by Crippen LogP contribution is -1.95. The molecule has 1 heterocycles. The molecule has 0 bridgehead atoms. The van der Waals surface area contributed by atoms with E-state index in [1.165, 1.54) is 22.9 Å². The molecule has 0 saturated heterocycles. The van der Waals surface area contributed by atoms with E-state index in [2.05, 4.69) is 24.4 Å². The summed E-state index contributed by atoms with van der Waals surface area (Å²) in [6.07, 6.45) is 4.12. The molecule has 1 atom stereocenters. The van der Waals surface area contributed by atoms with Crippen molar-refractivity contribution >= 4 is 21.4 Å². The van der Waals surface area contributed by atoms with Crippen LogP contribution in [0.1, 0.15) is 44.3 Å². The van der Waals surface area contributed by atoms with Crippen LogP contribution < -0.4 is 0 Å². The first-order valence-electron chi connectivity index (χ1n) is 5.97. The number of fused-ring (bicyclic) bond motifs is 1. The lowest BCUT2D eigenvalue weighted by molar-refractivity contribution is 0.165. The second-order valence-electron chi connectivity index (χ2n) is 4.20. The first kappa shape index (κ1) is 11.6. The summed E-state index contributed by atoms with van der Waals surface area (Å²) in [6.45, 7) is 2.19. The second-order valence-corrected chi connectivity index (χ2v) is 5.11. The van der Waals surface area contributed by atoms with Crippen molar-refractivity contribution in [1.29, 1.82) is 0 Å². The number of aliphatic hydroxyl groups excluding tert-OH is 1. The molecule has 0 aliphatic carbocycles. The number of rotatable bonds is 5. The van der Waals surface area contributed by atoms with Crippen LogP contribution in [-0.4, -0.2) is 5.11 Å². The summed E-state index contributed by atoms with van der Waals surface area (Å²) in [5, 5.41) is 13.5. The standard InChI is InChI=1S/C14H18OS/c1-2-3-4-8-13(15)12-10-16-14-9-6-5-7-11(12)14/h5-7,9-10,13,15H,2-4,8H2,1H3. The van der Waals surface area contributed by atoms with Crippen molar-refractivity contribution in [3.8, 4) is 0 Å². The molecule has 16 heavy (non-hydrogen) atoms. The van der Waals surface area contributed by atoms with Crippen molar-refractivity contribution in [2.45, 2.75) is 38.7 Å². The quantitative estimate of drug-likeness (QED) is 0.754. The van der Waals surface area contributed by atoms with Gasteiger partial charge >= 0.3 is 0 Å². The Balaban J connectivity index is 2.13. The van der Waals surface area contributed by atoms with E-state index < -0.39 is 0 Å². The fourth-order valence-electron chi connectivity index (χ4n) is 2.00. The lowest BCUT2D eigenvalue weighted by Gasteiger charge is -2.09. The van der Waals surface area contributed by atoms with Gasteiger partial charge in [0.25, 0.3) is 0 Å². The molecule has 2 aromatic rings. The fourth-order valence-corrected chi connectivity index (χ4v) is 3.01. The van der Waals surface area contributed by atoms with Gasteiger partial charge in [0.1, 0.15) is 0 Å². The van der Waals surface area contributed by atoms with Gasteiger partial charge in [-0.15, -0.1) is 11.3 Å². The van der Waals surface area contributed by atoms with Crippen LogP contribution in [0.5, 0.6) is 0 Å². The lowest BCUT2D eigenvalue weighted by atomic mass is 10.0. The minimum absolute atomic E-state index is 0.289.